The Balaban J connectivity index is 1.74. The molecule has 1 aromatic heterocycles. The Morgan fingerprint density at radius 2 is 2.00 bits per heavy atom. The second kappa shape index (κ2) is 9.83. The molecule has 32 heavy (non-hydrogen) atoms. The Bertz CT molecular complexity index is 1130. The minimum atomic E-state index is 0.0849. The van der Waals surface area contributed by atoms with Crippen LogP contribution in [0.1, 0.15) is 52.0 Å². The Labute approximate surface area is 194 Å². The number of amides is 1. The maximum absolute atomic E-state index is 13.1. The predicted molar refractivity (Wildman–Crippen MR) is 131 cm³/mol. The zero-order chi connectivity index (χ0) is 22.7. The van der Waals surface area contributed by atoms with Gasteiger partial charge in [-0.2, -0.15) is 0 Å². The van der Waals surface area contributed by atoms with Crippen LogP contribution in [0.3, 0.4) is 0 Å². The van der Waals surface area contributed by atoms with Gasteiger partial charge in [-0.15, -0.1) is 0 Å². The molecule has 5 heteroatoms. The van der Waals surface area contributed by atoms with Crippen molar-refractivity contribution in [3.8, 4) is 16.9 Å². The van der Waals surface area contributed by atoms with Crippen LogP contribution in [0, 0.1) is 0 Å². The summed E-state index contributed by atoms with van der Waals surface area (Å²) in [6, 6.07) is 12.0. The van der Waals surface area contributed by atoms with Crippen LogP contribution in [0.2, 0.25) is 5.02 Å². The van der Waals surface area contributed by atoms with E-state index in [0.29, 0.717) is 17.7 Å². The number of furan rings is 1. The lowest BCUT2D eigenvalue weighted by molar-refractivity contribution is -0.129. The number of carbonyl (C=O) groups is 1. The van der Waals surface area contributed by atoms with E-state index in [1.807, 2.05) is 49.1 Å². The number of rotatable bonds is 6. The fraction of sp³-hybridized carbons (Fsp3) is 0.370. The summed E-state index contributed by atoms with van der Waals surface area (Å²) in [5.74, 6) is 0.811. The smallest absolute Gasteiger partial charge is 0.247 e. The molecule has 0 aliphatic carbocycles. The van der Waals surface area contributed by atoms with E-state index in [2.05, 4.69) is 13.0 Å². The molecule has 2 aromatic carbocycles. The van der Waals surface area contributed by atoms with E-state index >= 15 is 0 Å². The first kappa shape index (κ1) is 22.5. The molecule has 0 saturated carbocycles. The van der Waals surface area contributed by atoms with Crippen molar-refractivity contribution in [2.24, 2.45) is 0 Å². The molecule has 1 unspecified atom stereocenters. The summed E-state index contributed by atoms with van der Waals surface area (Å²) in [6.45, 7) is 7.47. The van der Waals surface area contributed by atoms with Gasteiger partial charge in [0.1, 0.15) is 11.3 Å². The van der Waals surface area contributed by atoms with Crippen LogP contribution in [0.4, 0.5) is 0 Å². The molecule has 0 N–H and O–H groups in total. The van der Waals surface area contributed by atoms with Gasteiger partial charge < -0.3 is 14.1 Å². The molecular formula is C27H30ClNO3. The number of likely N-dealkylation sites (tertiary alicyclic amines) is 1. The van der Waals surface area contributed by atoms with E-state index in [1.54, 1.807) is 12.3 Å². The molecule has 0 radical (unpaired) electrons. The predicted octanol–water partition coefficient (Wildman–Crippen LogP) is 7.35. The fourth-order valence-electron chi connectivity index (χ4n) is 4.55. The average Bonchev–Trinajstić information content (AvgIpc) is 3.22. The third-order valence-electron chi connectivity index (χ3n) is 6.28. The molecule has 2 heterocycles. The number of nitrogens with zero attached hydrogens (tertiary/aromatic N) is 1. The number of halogens is 1. The molecule has 1 fully saturated rings. The lowest BCUT2D eigenvalue weighted by Gasteiger charge is -2.34. The van der Waals surface area contributed by atoms with Crippen LogP contribution in [-0.2, 0) is 4.79 Å². The van der Waals surface area contributed by atoms with Gasteiger partial charge in [0.25, 0.3) is 0 Å². The third-order valence-corrected chi connectivity index (χ3v) is 6.53. The lowest BCUT2D eigenvalue weighted by Crippen LogP contribution is -2.42. The Kier molecular flexibility index (Phi) is 6.90. The number of piperidine rings is 1. The van der Waals surface area contributed by atoms with Crippen molar-refractivity contribution >= 4 is 34.1 Å². The number of hydrogen-bond donors (Lipinski definition) is 0. The maximum atomic E-state index is 13.1. The SMILES string of the molecule is CCOc1cc2occ(-c3ccc(Cl)cc3)c2cc1/C(C)=C/C(=O)N1CCCCC1CC. The topological polar surface area (TPSA) is 42.7 Å². The van der Waals surface area contributed by atoms with Gasteiger partial charge in [-0.05, 0) is 68.9 Å². The van der Waals surface area contributed by atoms with Gasteiger partial charge in [0, 0.05) is 46.3 Å². The molecule has 0 bridgehead atoms. The van der Waals surface area contributed by atoms with Gasteiger partial charge in [-0.1, -0.05) is 30.7 Å². The second-order valence-corrected chi connectivity index (χ2v) is 8.79. The van der Waals surface area contributed by atoms with E-state index in [0.717, 1.165) is 64.8 Å². The average molecular weight is 452 g/mol. The van der Waals surface area contributed by atoms with Crippen molar-refractivity contribution in [2.75, 3.05) is 13.2 Å². The van der Waals surface area contributed by atoms with Gasteiger partial charge in [-0.25, -0.2) is 0 Å². The summed E-state index contributed by atoms with van der Waals surface area (Å²) in [6.07, 6.45) is 7.88. The standard InChI is InChI=1S/C27H30ClNO3/c1-4-21-8-6-7-13-29(21)27(30)14-18(3)22-15-23-24(19-9-11-20(28)12-10-19)17-32-26(23)16-25(22)31-5-2/h9-12,14-17,21H,4-8,13H2,1-3H3/b18-14+. The highest BCUT2D eigenvalue weighted by atomic mass is 35.5. The number of fused-ring (bicyclic) bond motifs is 1. The first-order valence-corrected chi connectivity index (χ1v) is 11.8. The summed E-state index contributed by atoms with van der Waals surface area (Å²) < 4.78 is 11.8. The minimum absolute atomic E-state index is 0.0849. The van der Waals surface area contributed by atoms with E-state index in [9.17, 15) is 4.79 Å². The molecule has 1 amide bonds. The van der Waals surface area contributed by atoms with Gasteiger partial charge in [0.15, 0.2) is 0 Å². The summed E-state index contributed by atoms with van der Waals surface area (Å²) >= 11 is 6.06. The quantitative estimate of drug-likeness (QED) is 0.368. The Morgan fingerprint density at radius 3 is 2.72 bits per heavy atom. The fourth-order valence-corrected chi connectivity index (χ4v) is 4.68. The summed E-state index contributed by atoms with van der Waals surface area (Å²) in [5.41, 5.74) is 4.57. The van der Waals surface area contributed by atoms with Crippen LogP contribution in [0.5, 0.6) is 5.75 Å². The molecule has 4 rings (SSSR count). The van der Waals surface area contributed by atoms with E-state index in [-0.39, 0.29) is 5.91 Å². The Morgan fingerprint density at radius 1 is 1.22 bits per heavy atom. The molecular weight excluding hydrogens is 422 g/mol. The molecule has 1 aliphatic heterocycles. The van der Waals surface area contributed by atoms with Crippen molar-refractivity contribution < 1.29 is 13.9 Å². The lowest BCUT2D eigenvalue weighted by atomic mass is 9.98. The van der Waals surface area contributed by atoms with Crippen LogP contribution in [-0.4, -0.2) is 30.0 Å². The van der Waals surface area contributed by atoms with Gasteiger partial charge in [0.2, 0.25) is 5.91 Å². The molecule has 1 saturated heterocycles. The molecule has 1 atom stereocenters. The van der Waals surface area contributed by atoms with Crippen LogP contribution in [0.25, 0.3) is 27.7 Å². The first-order chi connectivity index (χ1) is 15.5. The monoisotopic (exact) mass is 451 g/mol. The zero-order valence-corrected chi connectivity index (χ0v) is 19.7. The van der Waals surface area contributed by atoms with Gasteiger partial charge in [-0.3, -0.25) is 4.79 Å². The summed E-state index contributed by atoms with van der Waals surface area (Å²) in [5, 5.41) is 1.68. The molecule has 1 aliphatic rings. The van der Waals surface area contributed by atoms with Crippen LogP contribution < -0.4 is 4.74 Å². The summed E-state index contributed by atoms with van der Waals surface area (Å²) in [4.78, 5) is 15.2. The first-order valence-electron chi connectivity index (χ1n) is 11.4. The minimum Gasteiger partial charge on any atom is -0.493 e. The third kappa shape index (κ3) is 4.56. The Hall–Kier alpha value is -2.72. The number of benzene rings is 2. The van der Waals surface area contributed by atoms with Crippen LogP contribution in [0.15, 0.2) is 53.2 Å². The normalized spacial score (nSPS) is 17.1. The van der Waals surface area contributed by atoms with Crippen molar-refractivity contribution in [3.05, 3.63) is 59.3 Å². The highest BCUT2D eigenvalue weighted by Gasteiger charge is 2.24. The van der Waals surface area contributed by atoms with Crippen molar-refractivity contribution in [2.45, 2.75) is 52.5 Å². The number of ether oxygens (including phenoxy) is 1. The molecule has 4 nitrogen and oxygen atoms in total. The molecule has 0 spiro atoms. The maximum Gasteiger partial charge on any atom is 0.247 e. The van der Waals surface area contributed by atoms with Crippen molar-refractivity contribution in [1.29, 1.82) is 0 Å². The largest absolute Gasteiger partial charge is 0.493 e. The van der Waals surface area contributed by atoms with Crippen molar-refractivity contribution in [3.63, 3.8) is 0 Å². The highest BCUT2D eigenvalue weighted by Crippen LogP contribution is 2.38. The van der Waals surface area contributed by atoms with Gasteiger partial charge in [0.05, 0.1) is 12.9 Å². The second-order valence-electron chi connectivity index (χ2n) is 8.35. The van der Waals surface area contributed by atoms with Gasteiger partial charge >= 0.3 is 0 Å². The number of hydrogen-bond acceptors (Lipinski definition) is 3. The number of carbonyl (C=O) groups excluding carboxylic acids is 1. The highest BCUT2D eigenvalue weighted by molar-refractivity contribution is 6.30. The van der Waals surface area contributed by atoms with E-state index < -0.39 is 0 Å². The molecule has 3 aromatic rings. The van der Waals surface area contributed by atoms with Crippen LogP contribution >= 0.6 is 11.6 Å². The van der Waals surface area contributed by atoms with E-state index in [4.69, 9.17) is 20.8 Å². The molecule has 168 valence electrons. The number of allylic oxidation sites excluding steroid dienone is 1. The van der Waals surface area contributed by atoms with Crippen molar-refractivity contribution in [1.82, 2.24) is 4.90 Å². The zero-order valence-electron chi connectivity index (χ0n) is 19.0. The summed E-state index contributed by atoms with van der Waals surface area (Å²) in [7, 11) is 0. The van der Waals surface area contributed by atoms with E-state index in [1.165, 1.54) is 6.42 Å².